The predicted molar refractivity (Wildman–Crippen MR) is 135 cm³/mol. The summed E-state index contributed by atoms with van der Waals surface area (Å²) < 4.78 is 5.68. The Morgan fingerprint density at radius 3 is 2.00 bits per heavy atom. The Hall–Kier alpha value is -4.23. The molecule has 0 heterocycles. The molecule has 0 spiro atoms. The molecule has 0 aromatic heterocycles. The minimum absolute atomic E-state index is 0.291. The molecule has 0 amide bonds. The van der Waals surface area contributed by atoms with Gasteiger partial charge in [0.05, 0.1) is 6.07 Å². The summed E-state index contributed by atoms with van der Waals surface area (Å²) in [5.74, 6) is -1.01. The number of rotatable bonds is 5. The molecule has 4 heteroatoms. The smallest absolute Gasteiger partial charge is 0.335 e. The third kappa shape index (κ3) is 4.33. The maximum atomic E-state index is 13.5. The molecule has 1 atom stereocenters. The monoisotopic (exact) mass is 447 g/mol. The zero-order valence-corrected chi connectivity index (χ0v) is 19.4. The zero-order chi connectivity index (χ0) is 24.3. The third-order valence-corrected chi connectivity index (χ3v) is 5.65. The van der Waals surface area contributed by atoms with Crippen molar-refractivity contribution < 1.29 is 14.3 Å². The topological polar surface area (TPSA) is 67.2 Å². The number of fused-ring (bicyclic) bond motifs is 2. The molecule has 0 aliphatic rings. The fourth-order valence-corrected chi connectivity index (χ4v) is 4.07. The first-order valence-corrected chi connectivity index (χ1v) is 11.1. The van der Waals surface area contributed by atoms with Crippen molar-refractivity contribution in [3.8, 4) is 6.07 Å². The summed E-state index contributed by atoms with van der Waals surface area (Å²) in [5.41, 5.74) is -1.63. The Morgan fingerprint density at radius 2 is 1.35 bits per heavy atom. The highest BCUT2D eigenvalue weighted by Gasteiger charge is 2.43. The van der Waals surface area contributed by atoms with Crippen molar-refractivity contribution in [2.45, 2.75) is 31.8 Å². The van der Waals surface area contributed by atoms with E-state index >= 15 is 0 Å². The van der Waals surface area contributed by atoms with Gasteiger partial charge >= 0.3 is 5.97 Å². The standard InChI is InChI=1S/C30H25NO3/c1-29(2,3)34-28(33)30(20-31,26-17-9-13-22-11-5-7-15-24(22)26)19-18-27(32)25-16-8-12-21-10-4-6-14-23(21)25/h4-19H,1-3H3/b19-18-/t30-/m0/s1. The number of esters is 1. The maximum absolute atomic E-state index is 13.5. The highest BCUT2D eigenvalue weighted by Crippen LogP contribution is 2.35. The van der Waals surface area contributed by atoms with Gasteiger partial charge in [0, 0.05) is 5.56 Å². The summed E-state index contributed by atoms with van der Waals surface area (Å²) in [6.07, 6.45) is 2.70. The number of benzene rings is 4. The molecular weight excluding hydrogens is 422 g/mol. The van der Waals surface area contributed by atoms with Crippen LogP contribution in [-0.4, -0.2) is 17.4 Å². The lowest BCUT2D eigenvalue weighted by molar-refractivity contribution is -0.158. The van der Waals surface area contributed by atoms with Crippen LogP contribution in [0.4, 0.5) is 0 Å². The molecule has 0 unspecified atom stereocenters. The van der Waals surface area contributed by atoms with E-state index in [0.717, 1.165) is 21.5 Å². The zero-order valence-electron chi connectivity index (χ0n) is 19.4. The van der Waals surface area contributed by atoms with E-state index in [4.69, 9.17) is 4.74 Å². The van der Waals surface area contributed by atoms with Crippen molar-refractivity contribution in [3.05, 3.63) is 108 Å². The molecule has 4 rings (SSSR count). The Kier molecular flexibility index (Phi) is 6.04. The number of ketones is 1. The number of nitrogens with zero attached hydrogens (tertiary/aromatic N) is 1. The van der Waals surface area contributed by atoms with Crippen molar-refractivity contribution in [2.75, 3.05) is 0 Å². The summed E-state index contributed by atoms with van der Waals surface area (Å²) in [7, 11) is 0. The van der Waals surface area contributed by atoms with E-state index in [-0.39, 0.29) is 5.78 Å². The molecule has 4 aromatic carbocycles. The second-order valence-electron chi connectivity index (χ2n) is 9.17. The van der Waals surface area contributed by atoms with Crippen molar-refractivity contribution in [1.82, 2.24) is 0 Å². The average Bonchev–Trinajstić information content (AvgIpc) is 2.83. The molecule has 0 bridgehead atoms. The van der Waals surface area contributed by atoms with Gasteiger partial charge in [0.1, 0.15) is 5.60 Å². The van der Waals surface area contributed by atoms with Gasteiger partial charge in [-0.15, -0.1) is 0 Å². The first-order chi connectivity index (χ1) is 16.2. The fraction of sp³-hybridized carbons (Fsp3) is 0.167. The van der Waals surface area contributed by atoms with Crippen LogP contribution < -0.4 is 0 Å². The Morgan fingerprint density at radius 1 is 0.794 bits per heavy atom. The summed E-state index contributed by atoms with van der Waals surface area (Å²) in [4.78, 5) is 26.8. The van der Waals surface area contributed by atoms with Crippen LogP contribution >= 0.6 is 0 Å². The van der Waals surface area contributed by atoms with Gasteiger partial charge in [-0.3, -0.25) is 4.79 Å². The van der Waals surface area contributed by atoms with Gasteiger partial charge in [-0.25, -0.2) is 4.79 Å². The molecule has 0 aliphatic heterocycles. The maximum Gasteiger partial charge on any atom is 0.335 e. The van der Waals surface area contributed by atoms with Crippen LogP contribution in [0, 0.1) is 11.3 Å². The van der Waals surface area contributed by atoms with Gasteiger partial charge in [0.25, 0.3) is 0 Å². The van der Waals surface area contributed by atoms with Gasteiger partial charge in [-0.2, -0.15) is 5.26 Å². The number of hydrogen-bond donors (Lipinski definition) is 0. The minimum Gasteiger partial charge on any atom is -0.458 e. The quantitative estimate of drug-likeness (QED) is 0.198. The Bertz CT molecular complexity index is 1460. The minimum atomic E-state index is -1.80. The van der Waals surface area contributed by atoms with Gasteiger partial charge in [0.2, 0.25) is 0 Å². The van der Waals surface area contributed by atoms with E-state index in [1.165, 1.54) is 12.2 Å². The fourth-order valence-electron chi connectivity index (χ4n) is 4.07. The van der Waals surface area contributed by atoms with Crippen LogP contribution in [0.1, 0.15) is 36.7 Å². The summed E-state index contributed by atoms with van der Waals surface area (Å²) in [6, 6.07) is 28.3. The molecule has 4 nitrogen and oxygen atoms in total. The van der Waals surface area contributed by atoms with Gasteiger partial charge in [0.15, 0.2) is 11.2 Å². The largest absolute Gasteiger partial charge is 0.458 e. The van der Waals surface area contributed by atoms with Crippen molar-refractivity contribution >= 4 is 33.3 Å². The van der Waals surface area contributed by atoms with Crippen LogP contribution in [0.2, 0.25) is 0 Å². The van der Waals surface area contributed by atoms with E-state index in [1.807, 2.05) is 66.7 Å². The molecule has 168 valence electrons. The Labute approximate surface area is 199 Å². The number of carbonyl (C=O) groups excluding carboxylic acids is 2. The van der Waals surface area contributed by atoms with Crippen LogP contribution in [0.3, 0.4) is 0 Å². The molecule has 0 fully saturated rings. The van der Waals surface area contributed by atoms with E-state index in [1.54, 1.807) is 39.0 Å². The highest BCUT2D eigenvalue weighted by atomic mass is 16.6. The molecular formula is C30H25NO3. The van der Waals surface area contributed by atoms with Crippen molar-refractivity contribution in [3.63, 3.8) is 0 Å². The highest BCUT2D eigenvalue weighted by molar-refractivity contribution is 6.14. The normalized spacial score (nSPS) is 13.5. The molecule has 0 N–H and O–H groups in total. The number of nitriles is 1. The molecule has 0 aliphatic carbocycles. The molecule has 0 radical (unpaired) electrons. The van der Waals surface area contributed by atoms with Crippen LogP contribution in [0.15, 0.2) is 97.1 Å². The first kappa shape index (κ1) is 22.9. The van der Waals surface area contributed by atoms with Crippen molar-refractivity contribution in [2.24, 2.45) is 0 Å². The van der Waals surface area contributed by atoms with Gasteiger partial charge in [-0.05, 0) is 60.0 Å². The summed E-state index contributed by atoms with van der Waals surface area (Å²) in [5, 5.41) is 13.8. The number of allylic oxidation sites excluding steroid dienone is 1. The van der Waals surface area contributed by atoms with E-state index in [9.17, 15) is 14.9 Å². The molecule has 34 heavy (non-hydrogen) atoms. The number of ether oxygens (including phenoxy) is 1. The lowest BCUT2D eigenvalue weighted by Crippen LogP contribution is -2.39. The van der Waals surface area contributed by atoms with Crippen molar-refractivity contribution in [1.29, 1.82) is 5.26 Å². The van der Waals surface area contributed by atoms with E-state index in [0.29, 0.717) is 11.1 Å². The number of carbonyl (C=O) groups is 2. The molecule has 0 saturated heterocycles. The first-order valence-electron chi connectivity index (χ1n) is 11.1. The Balaban J connectivity index is 1.88. The molecule has 4 aromatic rings. The lowest BCUT2D eigenvalue weighted by atomic mass is 9.78. The van der Waals surface area contributed by atoms with Crippen LogP contribution in [0.5, 0.6) is 0 Å². The second-order valence-corrected chi connectivity index (χ2v) is 9.17. The van der Waals surface area contributed by atoms with E-state index in [2.05, 4.69) is 6.07 Å². The lowest BCUT2D eigenvalue weighted by Gasteiger charge is -2.28. The van der Waals surface area contributed by atoms with E-state index < -0.39 is 17.0 Å². The third-order valence-electron chi connectivity index (χ3n) is 5.65. The summed E-state index contributed by atoms with van der Waals surface area (Å²) >= 11 is 0. The van der Waals surface area contributed by atoms with Gasteiger partial charge < -0.3 is 4.74 Å². The SMILES string of the molecule is CC(C)(C)OC(=O)[C@](C#N)(/C=C\C(=O)c1cccc2ccccc12)c1cccc2ccccc12. The van der Waals surface area contributed by atoms with Crippen LogP contribution in [-0.2, 0) is 14.9 Å². The average molecular weight is 448 g/mol. The summed E-state index contributed by atoms with van der Waals surface area (Å²) in [6.45, 7) is 5.25. The van der Waals surface area contributed by atoms with Gasteiger partial charge in [-0.1, -0.05) is 84.9 Å². The predicted octanol–water partition coefficient (Wildman–Crippen LogP) is 6.54. The number of hydrogen-bond acceptors (Lipinski definition) is 4. The van der Waals surface area contributed by atoms with Crippen LogP contribution in [0.25, 0.3) is 21.5 Å². The second kappa shape index (κ2) is 8.96. The molecule has 0 saturated carbocycles.